The van der Waals surface area contributed by atoms with Crippen molar-refractivity contribution in [2.45, 2.75) is 39.7 Å². The van der Waals surface area contributed by atoms with Crippen molar-refractivity contribution >= 4 is 22.8 Å². The number of imidazole rings is 1. The minimum Gasteiger partial charge on any atom is -0.326 e. The van der Waals surface area contributed by atoms with Crippen LogP contribution in [0.1, 0.15) is 31.2 Å². The largest absolute Gasteiger partial charge is 0.326 e. The summed E-state index contributed by atoms with van der Waals surface area (Å²) in [6.45, 7) is 5.02. The Morgan fingerprint density at radius 3 is 2.75 bits per heavy atom. The van der Waals surface area contributed by atoms with E-state index in [4.69, 9.17) is 0 Å². The zero-order valence-corrected chi connectivity index (χ0v) is 14.1. The Balaban J connectivity index is 1.69. The van der Waals surface area contributed by atoms with Crippen LogP contribution >= 0.6 is 0 Å². The number of pyridine rings is 1. The minimum atomic E-state index is 0.00177. The number of amides is 1. The Morgan fingerprint density at radius 1 is 1.21 bits per heavy atom. The van der Waals surface area contributed by atoms with E-state index >= 15 is 0 Å². The molecule has 5 nitrogen and oxygen atoms in total. The molecule has 0 saturated heterocycles. The molecule has 1 N–H and O–H groups in total. The van der Waals surface area contributed by atoms with E-state index in [1.807, 2.05) is 43.3 Å². The van der Waals surface area contributed by atoms with Gasteiger partial charge in [-0.25, -0.2) is 9.97 Å². The topological polar surface area (TPSA) is 59.8 Å². The van der Waals surface area contributed by atoms with Crippen molar-refractivity contribution in [1.82, 2.24) is 14.5 Å². The third kappa shape index (κ3) is 3.62. The molecule has 0 atom stereocenters. The molecule has 3 rings (SSSR count). The zero-order chi connectivity index (χ0) is 16.9. The second-order valence-electron chi connectivity index (χ2n) is 5.94. The molecule has 124 valence electrons. The molecule has 0 radical (unpaired) electrons. The summed E-state index contributed by atoms with van der Waals surface area (Å²) in [7, 11) is 0. The highest BCUT2D eigenvalue weighted by atomic mass is 16.1. The normalized spacial score (nSPS) is 10.9. The quantitative estimate of drug-likeness (QED) is 0.752. The van der Waals surface area contributed by atoms with Gasteiger partial charge in [0, 0.05) is 31.3 Å². The van der Waals surface area contributed by atoms with Crippen LogP contribution in [-0.4, -0.2) is 20.4 Å². The molecule has 2 heterocycles. The average Bonchev–Trinajstić information content (AvgIpc) is 2.93. The van der Waals surface area contributed by atoms with Crippen LogP contribution in [0.5, 0.6) is 0 Å². The highest BCUT2D eigenvalue weighted by Gasteiger charge is 2.12. The first-order valence-electron chi connectivity index (χ1n) is 8.34. The van der Waals surface area contributed by atoms with Gasteiger partial charge in [-0.1, -0.05) is 24.6 Å². The summed E-state index contributed by atoms with van der Waals surface area (Å²) < 4.78 is 2.12. The van der Waals surface area contributed by atoms with Gasteiger partial charge >= 0.3 is 0 Å². The number of carbonyl (C=O) groups is 1. The van der Waals surface area contributed by atoms with Crippen LogP contribution in [0.2, 0.25) is 0 Å². The molecule has 0 bridgehead atoms. The molecule has 1 aromatic carbocycles. The first-order chi connectivity index (χ1) is 11.7. The molecular formula is C19H22N4O. The first-order valence-corrected chi connectivity index (χ1v) is 8.34. The van der Waals surface area contributed by atoms with Gasteiger partial charge in [-0.15, -0.1) is 0 Å². The number of fused-ring (bicyclic) bond motifs is 1. The van der Waals surface area contributed by atoms with Gasteiger partial charge in [0.25, 0.3) is 0 Å². The summed E-state index contributed by atoms with van der Waals surface area (Å²) in [5.74, 6) is 0.923. The van der Waals surface area contributed by atoms with Crippen LogP contribution in [0.15, 0.2) is 42.6 Å². The smallest absolute Gasteiger partial charge is 0.224 e. The monoisotopic (exact) mass is 322 g/mol. The lowest BCUT2D eigenvalue weighted by molar-refractivity contribution is -0.116. The Morgan fingerprint density at radius 2 is 2.00 bits per heavy atom. The summed E-state index contributed by atoms with van der Waals surface area (Å²) in [5, 5.41) is 2.93. The molecule has 0 aliphatic heterocycles. The van der Waals surface area contributed by atoms with E-state index in [9.17, 15) is 4.79 Å². The lowest BCUT2D eigenvalue weighted by atomic mass is 10.2. The fourth-order valence-electron chi connectivity index (χ4n) is 2.74. The Kier molecular flexibility index (Phi) is 4.89. The maximum Gasteiger partial charge on any atom is 0.224 e. The third-order valence-electron chi connectivity index (χ3n) is 3.94. The molecule has 0 spiro atoms. The number of benzene rings is 1. The lowest BCUT2D eigenvalue weighted by Gasteiger charge is -2.08. The van der Waals surface area contributed by atoms with Gasteiger partial charge in [-0.3, -0.25) is 4.79 Å². The molecule has 5 heteroatoms. The molecule has 0 fully saturated rings. The molecular weight excluding hydrogens is 300 g/mol. The molecule has 0 unspecified atom stereocenters. The number of aromatic nitrogens is 3. The van der Waals surface area contributed by atoms with Crippen LogP contribution in [0, 0.1) is 6.92 Å². The predicted molar refractivity (Wildman–Crippen MR) is 95.9 cm³/mol. The van der Waals surface area contributed by atoms with Gasteiger partial charge < -0.3 is 9.88 Å². The van der Waals surface area contributed by atoms with Crippen molar-refractivity contribution < 1.29 is 4.79 Å². The maximum atomic E-state index is 12.2. The van der Waals surface area contributed by atoms with Crippen LogP contribution in [0.4, 0.5) is 5.69 Å². The Labute approximate surface area is 141 Å². The molecule has 2 aromatic heterocycles. The number of carbonyl (C=O) groups excluding carboxylic acids is 1. The van der Waals surface area contributed by atoms with Gasteiger partial charge in [0.1, 0.15) is 11.3 Å². The van der Waals surface area contributed by atoms with E-state index in [0.717, 1.165) is 35.6 Å². The van der Waals surface area contributed by atoms with E-state index in [0.29, 0.717) is 12.8 Å². The summed E-state index contributed by atoms with van der Waals surface area (Å²) in [6, 6.07) is 11.7. The van der Waals surface area contributed by atoms with Crippen molar-refractivity contribution in [3.8, 4) is 0 Å². The van der Waals surface area contributed by atoms with Crippen molar-refractivity contribution in [1.29, 1.82) is 0 Å². The van der Waals surface area contributed by atoms with Gasteiger partial charge in [0.05, 0.1) is 0 Å². The van der Waals surface area contributed by atoms with Crippen LogP contribution < -0.4 is 5.32 Å². The standard InChI is InChI=1S/C19H22N4O/c1-3-13-23-17(22-16-5-4-12-20-19(16)23)10-11-18(24)21-15-8-6-14(2)7-9-15/h4-9,12H,3,10-11,13H2,1-2H3,(H,21,24). The number of rotatable bonds is 6. The van der Waals surface area contributed by atoms with Gasteiger partial charge in [0.15, 0.2) is 5.65 Å². The van der Waals surface area contributed by atoms with Crippen molar-refractivity contribution in [3.63, 3.8) is 0 Å². The highest BCUT2D eigenvalue weighted by molar-refractivity contribution is 5.90. The number of anilines is 1. The first kappa shape index (κ1) is 16.2. The summed E-state index contributed by atoms with van der Waals surface area (Å²) in [6.07, 6.45) is 3.80. The third-order valence-corrected chi connectivity index (χ3v) is 3.94. The Hall–Kier alpha value is -2.69. The fourth-order valence-corrected chi connectivity index (χ4v) is 2.74. The molecule has 1 amide bonds. The summed E-state index contributed by atoms with van der Waals surface area (Å²) >= 11 is 0. The van der Waals surface area contributed by atoms with Crippen LogP contribution in [0.3, 0.4) is 0 Å². The number of hydrogen-bond acceptors (Lipinski definition) is 3. The van der Waals surface area contributed by atoms with Gasteiger partial charge in [-0.05, 0) is 37.6 Å². The molecule has 24 heavy (non-hydrogen) atoms. The number of hydrogen-bond donors (Lipinski definition) is 1. The lowest BCUT2D eigenvalue weighted by Crippen LogP contribution is -2.14. The highest BCUT2D eigenvalue weighted by Crippen LogP contribution is 2.16. The van der Waals surface area contributed by atoms with Crippen LogP contribution in [0.25, 0.3) is 11.2 Å². The second-order valence-corrected chi connectivity index (χ2v) is 5.94. The van der Waals surface area contributed by atoms with Crippen molar-refractivity contribution in [2.75, 3.05) is 5.32 Å². The number of aryl methyl sites for hydroxylation is 3. The van der Waals surface area contributed by atoms with E-state index in [-0.39, 0.29) is 5.91 Å². The molecule has 3 aromatic rings. The van der Waals surface area contributed by atoms with E-state index in [2.05, 4.69) is 26.8 Å². The van der Waals surface area contributed by atoms with E-state index < -0.39 is 0 Å². The fraction of sp³-hybridized carbons (Fsp3) is 0.316. The summed E-state index contributed by atoms with van der Waals surface area (Å²) in [5.41, 5.74) is 3.79. The minimum absolute atomic E-state index is 0.00177. The average molecular weight is 322 g/mol. The maximum absolute atomic E-state index is 12.2. The second kappa shape index (κ2) is 7.25. The SMILES string of the molecule is CCCn1c(CCC(=O)Nc2ccc(C)cc2)nc2cccnc21. The van der Waals surface area contributed by atoms with Gasteiger partial charge in [0.2, 0.25) is 5.91 Å². The molecule has 0 aliphatic rings. The molecule has 0 saturated carbocycles. The Bertz CT molecular complexity index is 836. The van der Waals surface area contributed by atoms with E-state index in [1.54, 1.807) is 6.20 Å². The summed E-state index contributed by atoms with van der Waals surface area (Å²) in [4.78, 5) is 21.3. The number of nitrogens with zero attached hydrogens (tertiary/aromatic N) is 3. The van der Waals surface area contributed by atoms with Crippen LogP contribution in [-0.2, 0) is 17.8 Å². The van der Waals surface area contributed by atoms with Crippen molar-refractivity contribution in [2.24, 2.45) is 0 Å². The molecule has 0 aliphatic carbocycles. The van der Waals surface area contributed by atoms with E-state index in [1.165, 1.54) is 5.56 Å². The van der Waals surface area contributed by atoms with Gasteiger partial charge in [-0.2, -0.15) is 0 Å². The predicted octanol–water partition coefficient (Wildman–Crippen LogP) is 3.72. The number of nitrogens with one attached hydrogen (secondary N) is 1. The van der Waals surface area contributed by atoms with Crippen molar-refractivity contribution in [3.05, 3.63) is 54.0 Å². The zero-order valence-electron chi connectivity index (χ0n) is 14.1.